The van der Waals surface area contributed by atoms with Crippen LogP contribution in [0, 0.1) is 11.3 Å². The Morgan fingerprint density at radius 3 is 2.67 bits per heavy atom. The average Bonchev–Trinajstić information content (AvgIpc) is 2.43. The lowest BCUT2D eigenvalue weighted by Gasteiger charge is -2.20. The lowest BCUT2D eigenvalue weighted by Crippen LogP contribution is -2.23. The van der Waals surface area contributed by atoms with Gasteiger partial charge in [-0.1, -0.05) is 26.3 Å². The van der Waals surface area contributed by atoms with E-state index in [-0.39, 0.29) is 0 Å². The van der Waals surface area contributed by atoms with Gasteiger partial charge in [-0.15, -0.1) is 0 Å². The molecular formula is C15H22N2O. The number of ether oxygens (including phenoxy) is 1. The molecule has 3 heteroatoms. The molecule has 0 saturated carbocycles. The van der Waals surface area contributed by atoms with Gasteiger partial charge in [0.15, 0.2) is 0 Å². The number of nitrogens with zero attached hydrogens (tertiary/aromatic N) is 2. The minimum Gasteiger partial charge on any atom is -0.495 e. The molecule has 0 aromatic heterocycles. The molecule has 1 aromatic carbocycles. The van der Waals surface area contributed by atoms with Crippen molar-refractivity contribution in [1.82, 2.24) is 4.90 Å². The van der Waals surface area contributed by atoms with Gasteiger partial charge in [-0.3, -0.25) is 4.90 Å². The van der Waals surface area contributed by atoms with Crippen LogP contribution in [0.2, 0.25) is 0 Å². The van der Waals surface area contributed by atoms with E-state index in [9.17, 15) is 0 Å². The lowest BCUT2D eigenvalue weighted by molar-refractivity contribution is 0.275. The first kappa shape index (κ1) is 14.5. The fourth-order valence-corrected chi connectivity index (χ4v) is 1.93. The van der Waals surface area contributed by atoms with Crippen LogP contribution in [0.1, 0.15) is 37.8 Å². The van der Waals surface area contributed by atoms with Gasteiger partial charge in [-0.05, 0) is 37.2 Å². The SMILES string of the molecule is CCCCN(CC)Cc1ccc(OC)c(C#N)c1. The Kier molecular flexibility index (Phi) is 6.24. The Morgan fingerprint density at radius 1 is 1.33 bits per heavy atom. The van der Waals surface area contributed by atoms with Crippen LogP contribution in [0.15, 0.2) is 18.2 Å². The third-order valence-electron chi connectivity index (χ3n) is 3.07. The van der Waals surface area contributed by atoms with E-state index in [1.54, 1.807) is 7.11 Å². The summed E-state index contributed by atoms with van der Waals surface area (Å²) in [5.74, 6) is 0.651. The monoisotopic (exact) mass is 246 g/mol. The van der Waals surface area contributed by atoms with Crippen molar-refractivity contribution in [2.75, 3.05) is 20.2 Å². The maximum absolute atomic E-state index is 9.06. The molecule has 1 aromatic rings. The fraction of sp³-hybridized carbons (Fsp3) is 0.533. The van der Waals surface area contributed by atoms with Crippen molar-refractivity contribution in [2.24, 2.45) is 0 Å². The third kappa shape index (κ3) is 4.05. The molecule has 0 spiro atoms. The van der Waals surface area contributed by atoms with Crippen molar-refractivity contribution in [3.63, 3.8) is 0 Å². The first-order chi connectivity index (χ1) is 8.74. The van der Waals surface area contributed by atoms with Gasteiger partial charge < -0.3 is 4.74 Å². The summed E-state index contributed by atoms with van der Waals surface area (Å²) in [6, 6.07) is 8.01. The highest BCUT2D eigenvalue weighted by Crippen LogP contribution is 2.19. The van der Waals surface area contributed by atoms with E-state index in [0.717, 1.165) is 19.6 Å². The predicted octanol–water partition coefficient (Wildman–Crippen LogP) is 3.19. The van der Waals surface area contributed by atoms with Gasteiger partial charge in [-0.25, -0.2) is 0 Å². The molecule has 0 saturated heterocycles. The quantitative estimate of drug-likeness (QED) is 0.741. The molecule has 0 aliphatic heterocycles. The molecule has 0 unspecified atom stereocenters. The molecule has 18 heavy (non-hydrogen) atoms. The number of unbranched alkanes of at least 4 members (excludes halogenated alkanes) is 1. The van der Waals surface area contributed by atoms with E-state index in [1.807, 2.05) is 18.2 Å². The number of hydrogen-bond donors (Lipinski definition) is 0. The van der Waals surface area contributed by atoms with Crippen molar-refractivity contribution in [1.29, 1.82) is 5.26 Å². The van der Waals surface area contributed by atoms with Crippen LogP contribution in [0.5, 0.6) is 5.75 Å². The van der Waals surface area contributed by atoms with Gasteiger partial charge in [0, 0.05) is 6.54 Å². The summed E-state index contributed by atoms with van der Waals surface area (Å²) >= 11 is 0. The Hall–Kier alpha value is -1.53. The summed E-state index contributed by atoms with van der Waals surface area (Å²) in [4.78, 5) is 2.40. The number of hydrogen-bond acceptors (Lipinski definition) is 3. The Labute approximate surface area is 110 Å². The molecule has 0 aliphatic rings. The van der Waals surface area contributed by atoms with E-state index < -0.39 is 0 Å². The molecule has 1 rings (SSSR count). The molecule has 0 atom stereocenters. The van der Waals surface area contributed by atoms with Crippen LogP contribution in [0.4, 0.5) is 0 Å². The number of methoxy groups -OCH3 is 1. The van der Waals surface area contributed by atoms with Crippen molar-refractivity contribution in [3.8, 4) is 11.8 Å². The summed E-state index contributed by atoms with van der Waals surface area (Å²) in [7, 11) is 1.59. The van der Waals surface area contributed by atoms with Crippen molar-refractivity contribution in [3.05, 3.63) is 29.3 Å². The van der Waals surface area contributed by atoms with Gasteiger partial charge in [0.2, 0.25) is 0 Å². The second-order valence-electron chi connectivity index (χ2n) is 4.37. The largest absolute Gasteiger partial charge is 0.495 e. The van der Waals surface area contributed by atoms with Gasteiger partial charge in [0.1, 0.15) is 11.8 Å². The summed E-state index contributed by atoms with van der Waals surface area (Å²) in [5, 5.41) is 9.06. The Morgan fingerprint density at radius 2 is 2.11 bits per heavy atom. The molecule has 0 heterocycles. The first-order valence-corrected chi connectivity index (χ1v) is 6.54. The molecular weight excluding hydrogens is 224 g/mol. The smallest absolute Gasteiger partial charge is 0.136 e. The molecule has 0 amide bonds. The lowest BCUT2D eigenvalue weighted by atomic mass is 10.1. The average molecular weight is 246 g/mol. The summed E-state index contributed by atoms with van der Waals surface area (Å²) < 4.78 is 5.15. The maximum atomic E-state index is 9.06. The molecule has 98 valence electrons. The van der Waals surface area contributed by atoms with Crippen LogP contribution < -0.4 is 4.74 Å². The summed E-state index contributed by atoms with van der Waals surface area (Å²) in [6.45, 7) is 7.42. The van der Waals surface area contributed by atoms with Gasteiger partial charge >= 0.3 is 0 Å². The van der Waals surface area contributed by atoms with E-state index >= 15 is 0 Å². The van der Waals surface area contributed by atoms with Crippen molar-refractivity contribution in [2.45, 2.75) is 33.2 Å². The van der Waals surface area contributed by atoms with E-state index in [2.05, 4.69) is 24.8 Å². The molecule has 3 nitrogen and oxygen atoms in total. The molecule has 0 radical (unpaired) electrons. The van der Waals surface area contributed by atoms with Crippen LogP contribution in [0.25, 0.3) is 0 Å². The van der Waals surface area contributed by atoms with E-state index in [0.29, 0.717) is 11.3 Å². The minimum absolute atomic E-state index is 0.613. The maximum Gasteiger partial charge on any atom is 0.136 e. The zero-order valence-corrected chi connectivity index (χ0v) is 11.6. The van der Waals surface area contributed by atoms with Crippen LogP contribution >= 0.6 is 0 Å². The highest BCUT2D eigenvalue weighted by atomic mass is 16.5. The van der Waals surface area contributed by atoms with Gasteiger partial charge in [0.05, 0.1) is 12.7 Å². The first-order valence-electron chi connectivity index (χ1n) is 6.54. The van der Waals surface area contributed by atoms with E-state index in [4.69, 9.17) is 10.00 Å². The number of rotatable bonds is 7. The normalized spacial score (nSPS) is 10.4. The molecule has 0 fully saturated rings. The summed E-state index contributed by atoms with van der Waals surface area (Å²) in [5.41, 5.74) is 1.78. The van der Waals surface area contributed by atoms with Crippen LogP contribution in [0.3, 0.4) is 0 Å². The summed E-state index contributed by atoms with van der Waals surface area (Å²) in [6.07, 6.45) is 2.43. The third-order valence-corrected chi connectivity index (χ3v) is 3.07. The Balaban J connectivity index is 2.75. The fourth-order valence-electron chi connectivity index (χ4n) is 1.93. The van der Waals surface area contributed by atoms with E-state index in [1.165, 1.54) is 18.4 Å². The highest BCUT2D eigenvalue weighted by Gasteiger charge is 2.07. The number of nitriles is 1. The molecule has 0 aliphatic carbocycles. The second kappa shape index (κ2) is 7.73. The zero-order chi connectivity index (χ0) is 13.4. The molecule has 0 N–H and O–H groups in total. The molecule has 0 bridgehead atoms. The standard InChI is InChI=1S/C15H22N2O/c1-4-6-9-17(5-2)12-13-7-8-15(18-3)14(10-13)11-16/h7-8,10H,4-6,9,12H2,1-3H3. The predicted molar refractivity (Wildman–Crippen MR) is 73.6 cm³/mol. The van der Waals surface area contributed by atoms with Gasteiger partial charge in [-0.2, -0.15) is 5.26 Å². The second-order valence-corrected chi connectivity index (χ2v) is 4.37. The van der Waals surface area contributed by atoms with Crippen LogP contribution in [-0.4, -0.2) is 25.1 Å². The van der Waals surface area contributed by atoms with Crippen molar-refractivity contribution < 1.29 is 4.74 Å². The number of benzene rings is 1. The van der Waals surface area contributed by atoms with Crippen LogP contribution in [-0.2, 0) is 6.54 Å². The highest BCUT2D eigenvalue weighted by molar-refractivity contribution is 5.45. The topological polar surface area (TPSA) is 36.3 Å². The minimum atomic E-state index is 0.613. The van der Waals surface area contributed by atoms with Gasteiger partial charge in [0.25, 0.3) is 0 Å². The zero-order valence-electron chi connectivity index (χ0n) is 11.6. The Bertz CT molecular complexity index is 409. The van der Waals surface area contributed by atoms with Crippen molar-refractivity contribution >= 4 is 0 Å².